The van der Waals surface area contributed by atoms with Gasteiger partial charge in [0.2, 0.25) is 11.8 Å². The van der Waals surface area contributed by atoms with Crippen LogP contribution in [0.25, 0.3) is 0 Å². The number of likely N-dealkylation sites (tertiary alicyclic amines) is 1. The lowest BCUT2D eigenvalue weighted by atomic mass is 9.70. The van der Waals surface area contributed by atoms with E-state index in [1.165, 1.54) is 37.4 Å². The van der Waals surface area contributed by atoms with Crippen molar-refractivity contribution in [3.8, 4) is 0 Å². The molecule has 9 heteroatoms. The van der Waals surface area contributed by atoms with E-state index in [1.54, 1.807) is 12.1 Å². The van der Waals surface area contributed by atoms with Crippen molar-refractivity contribution in [1.82, 2.24) is 19.8 Å². The third kappa shape index (κ3) is 5.15. The summed E-state index contributed by atoms with van der Waals surface area (Å²) >= 11 is 0. The second-order valence-corrected chi connectivity index (χ2v) is 12.3. The third-order valence-electron chi connectivity index (χ3n) is 7.52. The Hall–Kier alpha value is -2.39. The zero-order valence-corrected chi connectivity index (χ0v) is 21.1. The van der Waals surface area contributed by atoms with Crippen LogP contribution in [0.15, 0.2) is 41.6 Å². The van der Waals surface area contributed by atoms with Gasteiger partial charge in [-0.05, 0) is 69.7 Å². The highest BCUT2D eigenvalue weighted by atomic mass is 32.2. The number of nitrogens with zero attached hydrogens (tertiary/aromatic N) is 2. The fourth-order valence-electron chi connectivity index (χ4n) is 5.49. The van der Waals surface area contributed by atoms with Crippen LogP contribution >= 0.6 is 0 Å². The Labute approximate surface area is 202 Å². The van der Waals surface area contributed by atoms with E-state index in [-0.39, 0.29) is 28.7 Å². The minimum absolute atomic E-state index is 0.0109. The number of carbonyl (C=O) groups is 2. The molecule has 0 spiro atoms. The summed E-state index contributed by atoms with van der Waals surface area (Å²) in [6.45, 7) is 8.56. The van der Waals surface area contributed by atoms with Crippen molar-refractivity contribution in [1.29, 1.82) is 0 Å². The summed E-state index contributed by atoms with van der Waals surface area (Å²) in [5.41, 5.74) is 0.854. The van der Waals surface area contributed by atoms with E-state index in [0.717, 1.165) is 42.2 Å². The lowest BCUT2D eigenvalue weighted by Gasteiger charge is -2.45. The Bertz CT molecular complexity index is 1050. The number of hydrogen-bond acceptors (Lipinski definition) is 5. The molecule has 1 saturated heterocycles. The lowest BCUT2D eigenvalue weighted by Crippen LogP contribution is -2.55. The molecule has 3 aliphatic rings. The van der Waals surface area contributed by atoms with Gasteiger partial charge in [0.05, 0.1) is 11.3 Å². The first kappa shape index (κ1) is 24.7. The molecule has 4 rings (SSSR count). The molecule has 2 aliphatic heterocycles. The van der Waals surface area contributed by atoms with Crippen LogP contribution in [-0.2, 0) is 19.6 Å². The molecule has 2 N–H and O–H groups in total. The maximum Gasteiger partial charge on any atom is 0.264 e. The lowest BCUT2D eigenvalue weighted by molar-refractivity contribution is -0.130. The van der Waals surface area contributed by atoms with Crippen molar-refractivity contribution < 1.29 is 18.0 Å². The van der Waals surface area contributed by atoms with E-state index in [2.05, 4.69) is 29.4 Å². The predicted molar refractivity (Wildman–Crippen MR) is 130 cm³/mol. The summed E-state index contributed by atoms with van der Waals surface area (Å²) in [4.78, 5) is 28.3. The summed E-state index contributed by atoms with van der Waals surface area (Å²) in [6.07, 6.45) is 7.83. The van der Waals surface area contributed by atoms with E-state index < -0.39 is 22.0 Å². The molecular weight excluding hydrogens is 452 g/mol. The van der Waals surface area contributed by atoms with Crippen LogP contribution < -0.4 is 10.6 Å². The molecule has 2 heterocycles. The molecule has 2 fully saturated rings. The second kappa shape index (κ2) is 9.70. The van der Waals surface area contributed by atoms with Gasteiger partial charge in [-0.25, -0.2) is 8.42 Å². The predicted octanol–water partition coefficient (Wildman–Crippen LogP) is 2.50. The maximum atomic E-state index is 13.2. The van der Waals surface area contributed by atoms with Crippen molar-refractivity contribution in [2.75, 3.05) is 13.1 Å². The monoisotopic (exact) mass is 488 g/mol. The van der Waals surface area contributed by atoms with Crippen molar-refractivity contribution in [3.05, 3.63) is 42.2 Å². The van der Waals surface area contributed by atoms with Gasteiger partial charge in [-0.1, -0.05) is 31.5 Å². The van der Waals surface area contributed by atoms with Crippen molar-refractivity contribution in [3.63, 3.8) is 0 Å². The molecule has 1 aliphatic carbocycles. The average Bonchev–Trinajstić information content (AvgIpc) is 3.31. The van der Waals surface area contributed by atoms with E-state index in [1.807, 2.05) is 6.92 Å². The molecule has 1 aromatic carbocycles. The molecular formula is C25H36N4O4S. The van der Waals surface area contributed by atoms with Crippen LogP contribution in [0.1, 0.15) is 57.9 Å². The van der Waals surface area contributed by atoms with E-state index in [9.17, 15) is 18.0 Å². The number of rotatable bonds is 6. The fraction of sp³-hybridized carbons (Fsp3) is 0.600. The van der Waals surface area contributed by atoms with Crippen LogP contribution in [0.3, 0.4) is 0 Å². The van der Waals surface area contributed by atoms with Gasteiger partial charge < -0.3 is 15.5 Å². The first-order valence-corrected chi connectivity index (χ1v) is 13.6. The molecule has 8 nitrogen and oxygen atoms in total. The normalized spacial score (nSPS) is 27.4. The molecule has 0 aromatic heterocycles. The molecule has 1 saturated carbocycles. The van der Waals surface area contributed by atoms with Gasteiger partial charge in [-0.2, -0.15) is 0 Å². The highest BCUT2D eigenvalue weighted by Crippen LogP contribution is 2.39. The van der Waals surface area contributed by atoms with Gasteiger partial charge in [0.15, 0.2) is 0 Å². The van der Waals surface area contributed by atoms with E-state index in [4.69, 9.17) is 0 Å². The van der Waals surface area contributed by atoms with Crippen LogP contribution in [0.5, 0.6) is 0 Å². The first-order valence-electron chi connectivity index (χ1n) is 12.2. The first-order chi connectivity index (χ1) is 16.1. The summed E-state index contributed by atoms with van der Waals surface area (Å²) in [7, 11) is -3.98. The molecule has 2 amide bonds. The average molecular weight is 489 g/mol. The summed E-state index contributed by atoms with van der Waals surface area (Å²) < 4.78 is 27.5. The van der Waals surface area contributed by atoms with Gasteiger partial charge >= 0.3 is 0 Å². The zero-order chi connectivity index (χ0) is 24.5. The number of sulfonamides is 1. The van der Waals surface area contributed by atoms with Crippen LogP contribution in [0.4, 0.5) is 0 Å². The Morgan fingerprint density at radius 1 is 1.15 bits per heavy atom. The van der Waals surface area contributed by atoms with Gasteiger partial charge in [-0.3, -0.25) is 13.9 Å². The summed E-state index contributed by atoms with van der Waals surface area (Å²) in [5, 5.41) is 5.67. The van der Waals surface area contributed by atoms with Gasteiger partial charge in [0, 0.05) is 24.5 Å². The number of benzene rings is 1. The number of aryl methyl sites for hydroxylation is 1. The SMILES string of the molecule is Cc1ccc(S(=O)(=O)N2C=CNC(=O)[C@H]2CC(=O)N[C@H]2CC[C@@H](N3CCCC3)CC2(C)C)cc1. The van der Waals surface area contributed by atoms with Crippen LogP contribution in [0, 0.1) is 12.3 Å². The number of carbonyl (C=O) groups excluding carboxylic acids is 2. The zero-order valence-electron chi connectivity index (χ0n) is 20.3. The maximum absolute atomic E-state index is 13.2. The van der Waals surface area contributed by atoms with Crippen molar-refractivity contribution in [2.45, 2.75) is 82.3 Å². The Morgan fingerprint density at radius 3 is 2.47 bits per heavy atom. The topological polar surface area (TPSA) is 98.8 Å². The fourth-order valence-corrected chi connectivity index (χ4v) is 6.94. The molecule has 0 bridgehead atoms. The largest absolute Gasteiger partial charge is 0.353 e. The number of nitrogens with one attached hydrogen (secondary N) is 2. The Kier molecular flexibility index (Phi) is 7.05. The highest BCUT2D eigenvalue weighted by Gasteiger charge is 2.41. The Balaban J connectivity index is 1.44. The third-order valence-corrected chi connectivity index (χ3v) is 9.32. The van der Waals surface area contributed by atoms with Gasteiger partial charge in [0.1, 0.15) is 6.04 Å². The number of amides is 2. The molecule has 1 aromatic rings. The molecule has 0 radical (unpaired) electrons. The van der Waals surface area contributed by atoms with Crippen molar-refractivity contribution >= 4 is 21.8 Å². The minimum Gasteiger partial charge on any atom is -0.353 e. The molecule has 0 unspecified atom stereocenters. The smallest absolute Gasteiger partial charge is 0.264 e. The van der Waals surface area contributed by atoms with Crippen molar-refractivity contribution in [2.24, 2.45) is 5.41 Å². The van der Waals surface area contributed by atoms with E-state index >= 15 is 0 Å². The number of hydrogen-bond donors (Lipinski definition) is 2. The van der Waals surface area contributed by atoms with E-state index in [0.29, 0.717) is 6.04 Å². The van der Waals surface area contributed by atoms with Gasteiger partial charge in [-0.15, -0.1) is 0 Å². The summed E-state index contributed by atoms with van der Waals surface area (Å²) in [5.74, 6) is -0.817. The molecule has 3 atom stereocenters. The standard InChI is InChI=1S/C25H36N4O4S/c1-18-6-9-20(10-7-18)34(32,33)29-15-12-26-24(31)21(29)16-23(30)27-22-11-8-19(17-25(22,2)3)28-13-4-5-14-28/h6-7,9-10,12,15,19,21-22H,4-5,8,11,13-14,16-17H2,1-3H3,(H,26,31)(H,27,30)/t19-,21-,22+/m1/s1. The van der Waals surface area contributed by atoms with Crippen LogP contribution in [-0.4, -0.2) is 60.7 Å². The second-order valence-electron chi connectivity index (χ2n) is 10.5. The minimum atomic E-state index is -3.98. The Morgan fingerprint density at radius 2 is 1.82 bits per heavy atom. The highest BCUT2D eigenvalue weighted by molar-refractivity contribution is 7.89. The molecule has 186 valence electrons. The van der Waals surface area contributed by atoms with Crippen LogP contribution in [0.2, 0.25) is 0 Å². The summed E-state index contributed by atoms with van der Waals surface area (Å²) in [6, 6.07) is 5.86. The quantitative estimate of drug-likeness (QED) is 0.641. The molecule has 34 heavy (non-hydrogen) atoms. The van der Waals surface area contributed by atoms with Gasteiger partial charge in [0.25, 0.3) is 10.0 Å².